The fourth-order valence-corrected chi connectivity index (χ4v) is 2.36. The number of carbonyl (C=O) groups excluding carboxylic acids is 1. The molecule has 110 valence electrons. The predicted molar refractivity (Wildman–Crippen MR) is 82.3 cm³/mol. The molecule has 5 nitrogen and oxygen atoms in total. The summed E-state index contributed by atoms with van der Waals surface area (Å²) in [7, 11) is 1.38. The summed E-state index contributed by atoms with van der Waals surface area (Å²) in [6.07, 6.45) is 5.24. The molecule has 0 aliphatic rings. The zero-order chi connectivity index (χ0) is 15.4. The number of ether oxygens (including phenoxy) is 1. The summed E-state index contributed by atoms with van der Waals surface area (Å²) in [5, 5.41) is 4.36. The van der Waals surface area contributed by atoms with E-state index in [1.54, 1.807) is 24.7 Å². The van der Waals surface area contributed by atoms with Gasteiger partial charge in [0.05, 0.1) is 24.9 Å². The van der Waals surface area contributed by atoms with Gasteiger partial charge in [0.1, 0.15) is 0 Å². The number of pyridine rings is 1. The standard InChI is InChI=1S/C17H15N3O2/c1-22-17(21)15-5-3-2-4-14(15)12-20-16(8-11-19-20)13-6-9-18-10-7-13/h2-11H,12H2,1H3. The number of benzene rings is 1. The van der Waals surface area contributed by atoms with E-state index in [2.05, 4.69) is 10.1 Å². The van der Waals surface area contributed by atoms with Crippen molar-refractivity contribution in [1.29, 1.82) is 0 Å². The minimum atomic E-state index is -0.340. The van der Waals surface area contributed by atoms with Gasteiger partial charge in [-0.2, -0.15) is 5.10 Å². The zero-order valence-electron chi connectivity index (χ0n) is 12.1. The fourth-order valence-electron chi connectivity index (χ4n) is 2.36. The Bertz CT molecular complexity index is 781. The molecular formula is C17H15N3O2. The summed E-state index contributed by atoms with van der Waals surface area (Å²) in [5.74, 6) is -0.340. The highest BCUT2D eigenvalue weighted by Gasteiger charge is 2.13. The lowest BCUT2D eigenvalue weighted by Crippen LogP contribution is -2.10. The second-order valence-corrected chi connectivity index (χ2v) is 4.76. The van der Waals surface area contributed by atoms with Gasteiger partial charge in [-0.15, -0.1) is 0 Å². The van der Waals surface area contributed by atoms with Gasteiger partial charge in [0.25, 0.3) is 0 Å². The van der Waals surface area contributed by atoms with Crippen LogP contribution in [0.5, 0.6) is 0 Å². The molecule has 0 atom stereocenters. The minimum absolute atomic E-state index is 0.340. The van der Waals surface area contributed by atoms with Crippen molar-refractivity contribution in [3.8, 4) is 11.3 Å². The summed E-state index contributed by atoms with van der Waals surface area (Å²) in [6, 6.07) is 13.2. The van der Waals surface area contributed by atoms with Crippen LogP contribution < -0.4 is 0 Å². The molecule has 5 heteroatoms. The number of carbonyl (C=O) groups is 1. The minimum Gasteiger partial charge on any atom is -0.465 e. The van der Waals surface area contributed by atoms with Gasteiger partial charge in [-0.25, -0.2) is 4.79 Å². The van der Waals surface area contributed by atoms with Crippen LogP contribution in [0.25, 0.3) is 11.3 Å². The van der Waals surface area contributed by atoms with E-state index in [0.717, 1.165) is 16.8 Å². The van der Waals surface area contributed by atoms with Gasteiger partial charge in [-0.3, -0.25) is 9.67 Å². The molecule has 3 aromatic rings. The second kappa shape index (κ2) is 6.22. The molecular weight excluding hydrogens is 278 g/mol. The van der Waals surface area contributed by atoms with Crippen molar-refractivity contribution in [2.24, 2.45) is 0 Å². The van der Waals surface area contributed by atoms with Crippen molar-refractivity contribution in [2.45, 2.75) is 6.54 Å². The number of hydrogen-bond acceptors (Lipinski definition) is 4. The summed E-state index contributed by atoms with van der Waals surface area (Å²) in [5.41, 5.74) is 3.43. The largest absolute Gasteiger partial charge is 0.465 e. The molecule has 0 saturated carbocycles. The molecule has 0 radical (unpaired) electrons. The van der Waals surface area contributed by atoms with Gasteiger partial charge >= 0.3 is 5.97 Å². The molecule has 22 heavy (non-hydrogen) atoms. The molecule has 1 aromatic carbocycles. The summed E-state index contributed by atoms with van der Waals surface area (Å²) < 4.78 is 6.69. The highest BCUT2D eigenvalue weighted by molar-refractivity contribution is 5.91. The Hall–Kier alpha value is -2.95. The summed E-state index contributed by atoms with van der Waals surface area (Å²) >= 11 is 0. The maximum atomic E-state index is 11.9. The number of hydrogen-bond donors (Lipinski definition) is 0. The lowest BCUT2D eigenvalue weighted by Gasteiger charge is -2.11. The van der Waals surface area contributed by atoms with Crippen LogP contribution in [0.3, 0.4) is 0 Å². The van der Waals surface area contributed by atoms with E-state index < -0.39 is 0 Å². The molecule has 0 saturated heterocycles. The van der Waals surface area contributed by atoms with Crippen LogP contribution in [0, 0.1) is 0 Å². The third kappa shape index (κ3) is 2.74. The van der Waals surface area contributed by atoms with Crippen LogP contribution in [0.15, 0.2) is 61.1 Å². The number of rotatable bonds is 4. The van der Waals surface area contributed by atoms with Crippen molar-refractivity contribution >= 4 is 5.97 Å². The van der Waals surface area contributed by atoms with Gasteiger partial charge in [0, 0.05) is 24.2 Å². The highest BCUT2D eigenvalue weighted by atomic mass is 16.5. The normalized spacial score (nSPS) is 10.4. The van der Waals surface area contributed by atoms with E-state index in [1.807, 2.05) is 41.1 Å². The summed E-state index contributed by atoms with van der Waals surface area (Å²) in [6.45, 7) is 0.496. The van der Waals surface area contributed by atoms with Gasteiger partial charge in [0.15, 0.2) is 0 Å². The first-order valence-corrected chi connectivity index (χ1v) is 6.88. The number of nitrogens with zero attached hydrogens (tertiary/aromatic N) is 3. The molecule has 0 amide bonds. The smallest absolute Gasteiger partial charge is 0.338 e. The molecule has 3 rings (SSSR count). The Morgan fingerprint density at radius 2 is 1.86 bits per heavy atom. The Morgan fingerprint density at radius 1 is 1.09 bits per heavy atom. The van der Waals surface area contributed by atoms with Crippen LogP contribution in [0.4, 0.5) is 0 Å². The molecule has 0 N–H and O–H groups in total. The maximum Gasteiger partial charge on any atom is 0.338 e. The lowest BCUT2D eigenvalue weighted by atomic mass is 10.1. The van der Waals surface area contributed by atoms with E-state index in [9.17, 15) is 4.79 Å². The average Bonchev–Trinajstić information content (AvgIpc) is 3.03. The molecule has 0 aliphatic carbocycles. The summed E-state index contributed by atoms with van der Waals surface area (Å²) in [4.78, 5) is 15.9. The van der Waals surface area contributed by atoms with Crippen LogP contribution in [-0.4, -0.2) is 27.8 Å². The van der Waals surface area contributed by atoms with Crippen LogP contribution >= 0.6 is 0 Å². The number of methoxy groups -OCH3 is 1. The van der Waals surface area contributed by atoms with Crippen molar-refractivity contribution in [1.82, 2.24) is 14.8 Å². The van der Waals surface area contributed by atoms with Crippen LogP contribution in [-0.2, 0) is 11.3 Å². The second-order valence-electron chi connectivity index (χ2n) is 4.76. The third-order valence-corrected chi connectivity index (χ3v) is 3.44. The van der Waals surface area contributed by atoms with Gasteiger partial charge < -0.3 is 4.74 Å². The van der Waals surface area contributed by atoms with E-state index in [1.165, 1.54) is 7.11 Å². The van der Waals surface area contributed by atoms with Crippen molar-refractivity contribution in [2.75, 3.05) is 7.11 Å². The monoisotopic (exact) mass is 293 g/mol. The first-order chi connectivity index (χ1) is 10.8. The SMILES string of the molecule is COC(=O)c1ccccc1Cn1nccc1-c1ccncc1. The molecule has 0 unspecified atom stereocenters. The van der Waals surface area contributed by atoms with Gasteiger partial charge in [-0.05, 0) is 29.8 Å². The Labute approximate surface area is 128 Å². The average molecular weight is 293 g/mol. The Kier molecular flexibility index (Phi) is 3.96. The topological polar surface area (TPSA) is 57.0 Å². The van der Waals surface area contributed by atoms with Gasteiger partial charge in [0.2, 0.25) is 0 Å². The third-order valence-electron chi connectivity index (χ3n) is 3.44. The predicted octanol–water partition coefficient (Wildman–Crippen LogP) is 2.78. The fraction of sp³-hybridized carbons (Fsp3) is 0.118. The molecule has 2 aromatic heterocycles. The van der Waals surface area contributed by atoms with E-state index in [-0.39, 0.29) is 5.97 Å². The van der Waals surface area contributed by atoms with Gasteiger partial charge in [-0.1, -0.05) is 18.2 Å². The molecule has 0 fully saturated rings. The quantitative estimate of drug-likeness (QED) is 0.694. The van der Waals surface area contributed by atoms with E-state index in [4.69, 9.17) is 4.74 Å². The number of aromatic nitrogens is 3. The maximum absolute atomic E-state index is 11.9. The first kappa shape index (κ1) is 14.0. The Balaban J connectivity index is 1.96. The molecule has 2 heterocycles. The van der Waals surface area contributed by atoms with E-state index >= 15 is 0 Å². The number of esters is 1. The van der Waals surface area contributed by atoms with Crippen molar-refractivity contribution in [3.63, 3.8) is 0 Å². The van der Waals surface area contributed by atoms with Crippen molar-refractivity contribution in [3.05, 3.63) is 72.2 Å². The van der Waals surface area contributed by atoms with Crippen LogP contribution in [0.2, 0.25) is 0 Å². The van der Waals surface area contributed by atoms with Crippen molar-refractivity contribution < 1.29 is 9.53 Å². The molecule has 0 bridgehead atoms. The van der Waals surface area contributed by atoms with Crippen LogP contribution in [0.1, 0.15) is 15.9 Å². The van der Waals surface area contributed by atoms with E-state index in [0.29, 0.717) is 12.1 Å². The first-order valence-electron chi connectivity index (χ1n) is 6.88. The zero-order valence-corrected chi connectivity index (χ0v) is 12.1. The highest BCUT2D eigenvalue weighted by Crippen LogP contribution is 2.20. The Morgan fingerprint density at radius 3 is 2.64 bits per heavy atom. The molecule has 0 spiro atoms. The molecule has 0 aliphatic heterocycles. The lowest BCUT2D eigenvalue weighted by molar-refractivity contribution is 0.0599.